The van der Waals surface area contributed by atoms with Gasteiger partial charge in [-0.25, -0.2) is 4.90 Å². The first-order chi connectivity index (χ1) is 15.5. The zero-order chi connectivity index (χ0) is 22.2. The molecule has 0 saturated heterocycles. The van der Waals surface area contributed by atoms with Crippen LogP contribution in [0.15, 0.2) is 88.3 Å². The molecular weight excluding hydrogens is 440 g/mol. The van der Waals surface area contributed by atoms with Crippen LogP contribution in [0.4, 0.5) is 5.69 Å². The molecule has 2 aliphatic heterocycles. The van der Waals surface area contributed by atoms with E-state index in [4.69, 9.17) is 11.6 Å². The maximum atomic E-state index is 13.6. The average Bonchev–Trinajstić information content (AvgIpc) is 3.05. The topological polar surface area (TPSA) is 40.6 Å². The van der Waals surface area contributed by atoms with Crippen molar-refractivity contribution in [1.29, 1.82) is 0 Å². The second-order valence-electron chi connectivity index (χ2n) is 7.96. The quantitative estimate of drug-likeness (QED) is 0.476. The molecule has 0 spiro atoms. The molecule has 6 heteroatoms. The molecule has 0 atom stereocenters. The van der Waals surface area contributed by atoms with Gasteiger partial charge in [0.2, 0.25) is 0 Å². The van der Waals surface area contributed by atoms with E-state index in [1.807, 2.05) is 43.3 Å². The minimum Gasteiger partial charge on any atom is -0.361 e. The van der Waals surface area contributed by atoms with Crippen molar-refractivity contribution < 1.29 is 9.59 Å². The lowest BCUT2D eigenvalue weighted by Crippen LogP contribution is -2.37. The van der Waals surface area contributed by atoms with Crippen LogP contribution in [0.25, 0.3) is 0 Å². The third-order valence-electron chi connectivity index (χ3n) is 5.79. The molecule has 160 valence electrons. The summed E-state index contributed by atoms with van der Waals surface area (Å²) in [4.78, 5) is 31.9. The Morgan fingerprint density at radius 2 is 1.53 bits per heavy atom. The van der Waals surface area contributed by atoms with E-state index in [-0.39, 0.29) is 11.8 Å². The van der Waals surface area contributed by atoms with Crippen molar-refractivity contribution in [2.24, 2.45) is 0 Å². The summed E-state index contributed by atoms with van der Waals surface area (Å²) in [6.45, 7) is 3.32. The number of rotatable bonds is 4. The number of hydrogen-bond donors (Lipinski definition) is 0. The Morgan fingerprint density at radius 1 is 0.844 bits per heavy atom. The molecule has 0 bridgehead atoms. The normalized spacial score (nSPS) is 16.1. The molecule has 0 radical (unpaired) electrons. The number of benzene rings is 3. The summed E-state index contributed by atoms with van der Waals surface area (Å²) >= 11 is 7.38. The number of fused-ring (bicyclic) bond motifs is 1. The Hall–Kier alpha value is -3.02. The van der Waals surface area contributed by atoms with Gasteiger partial charge < -0.3 is 4.90 Å². The number of imide groups is 1. The number of amides is 2. The molecule has 0 saturated carbocycles. The van der Waals surface area contributed by atoms with Crippen molar-refractivity contribution in [2.75, 3.05) is 11.4 Å². The minimum atomic E-state index is -0.295. The molecule has 4 nitrogen and oxygen atoms in total. The monoisotopic (exact) mass is 460 g/mol. The van der Waals surface area contributed by atoms with Gasteiger partial charge in [0.15, 0.2) is 0 Å². The molecule has 0 unspecified atom stereocenters. The van der Waals surface area contributed by atoms with Gasteiger partial charge in [-0.05, 0) is 60.9 Å². The summed E-state index contributed by atoms with van der Waals surface area (Å²) in [5.74, 6) is -0.580. The lowest BCUT2D eigenvalue weighted by molar-refractivity contribution is -0.121. The van der Waals surface area contributed by atoms with E-state index in [9.17, 15) is 9.59 Å². The fourth-order valence-electron chi connectivity index (χ4n) is 4.10. The van der Waals surface area contributed by atoms with Gasteiger partial charge in [0.1, 0.15) is 10.6 Å². The van der Waals surface area contributed by atoms with Gasteiger partial charge in [0, 0.05) is 23.0 Å². The summed E-state index contributed by atoms with van der Waals surface area (Å²) in [5, 5.41) is 0.558. The Labute approximate surface area is 196 Å². The number of carbonyl (C=O) groups is 2. The number of anilines is 1. The van der Waals surface area contributed by atoms with Gasteiger partial charge in [-0.3, -0.25) is 9.59 Å². The van der Waals surface area contributed by atoms with Crippen LogP contribution < -0.4 is 4.90 Å². The first kappa shape index (κ1) is 20.9. The van der Waals surface area contributed by atoms with E-state index in [2.05, 4.69) is 17.0 Å². The highest BCUT2D eigenvalue weighted by Gasteiger charge is 2.43. The molecular formula is C26H21ClN2O2S. The highest BCUT2D eigenvalue weighted by Crippen LogP contribution is 2.40. The molecule has 3 aromatic carbocycles. The Balaban J connectivity index is 1.55. The molecule has 5 rings (SSSR count). The third kappa shape index (κ3) is 3.83. The zero-order valence-electron chi connectivity index (χ0n) is 17.5. The number of aryl methyl sites for hydroxylation is 1. The number of hydrogen-bond acceptors (Lipinski definition) is 4. The largest absolute Gasteiger partial charge is 0.361 e. The highest BCUT2D eigenvalue weighted by molar-refractivity contribution is 8.04. The van der Waals surface area contributed by atoms with Gasteiger partial charge >= 0.3 is 0 Å². The number of thioether (sulfide) groups is 1. The molecule has 2 heterocycles. The average molecular weight is 461 g/mol. The van der Waals surface area contributed by atoms with Crippen molar-refractivity contribution in [1.82, 2.24) is 4.90 Å². The number of halogens is 1. The van der Waals surface area contributed by atoms with Gasteiger partial charge in [-0.15, -0.1) is 0 Å². The Kier molecular flexibility index (Phi) is 5.53. The number of carbonyl (C=O) groups excluding carboxylic acids is 2. The van der Waals surface area contributed by atoms with Crippen molar-refractivity contribution in [3.05, 3.63) is 105 Å². The summed E-state index contributed by atoms with van der Waals surface area (Å²) in [6, 6.07) is 23.1. The van der Waals surface area contributed by atoms with E-state index >= 15 is 0 Å². The van der Waals surface area contributed by atoms with Crippen LogP contribution >= 0.6 is 23.4 Å². The summed E-state index contributed by atoms with van der Waals surface area (Å²) in [5.41, 5.74) is 4.64. The predicted octanol–water partition coefficient (Wildman–Crippen LogP) is 5.58. The first-order valence-electron chi connectivity index (χ1n) is 10.5. The number of nitrogens with zero attached hydrogens (tertiary/aromatic N) is 2. The van der Waals surface area contributed by atoms with Crippen LogP contribution in [0.5, 0.6) is 0 Å². The van der Waals surface area contributed by atoms with Crippen LogP contribution in [0, 0.1) is 6.92 Å². The van der Waals surface area contributed by atoms with Gasteiger partial charge in [0.05, 0.1) is 5.69 Å². The second-order valence-corrected chi connectivity index (χ2v) is 9.48. The van der Waals surface area contributed by atoms with E-state index in [0.29, 0.717) is 34.4 Å². The van der Waals surface area contributed by atoms with Crippen LogP contribution in [0.3, 0.4) is 0 Å². The van der Waals surface area contributed by atoms with Crippen molar-refractivity contribution >= 4 is 40.9 Å². The second kappa shape index (κ2) is 8.49. The van der Waals surface area contributed by atoms with Crippen LogP contribution in [0.2, 0.25) is 5.02 Å². The molecule has 0 aromatic heterocycles. The smallest absolute Gasteiger partial charge is 0.283 e. The van der Waals surface area contributed by atoms with E-state index in [1.54, 1.807) is 24.3 Å². The van der Waals surface area contributed by atoms with Crippen LogP contribution in [-0.4, -0.2) is 23.3 Å². The molecule has 32 heavy (non-hydrogen) atoms. The fraction of sp³-hybridized carbons (Fsp3) is 0.154. The van der Waals surface area contributed by atoms with E-state index < -0.39 is 0 Å². The molecule has 0 fully saturated rings. The maximum Gasteiger partial charge on any atom is 0.283 e. The molecule has 0 aliphatic carbocycles. The maximum absolute atomic E-state index is 13.6. The summed E-state index contributed by atoms with van der Waals surface area (Å²) in [7, 11) is 0. The molecule has 3 aromatic rings. The molecule has 2 amide bonds. The zero-order valence-corrected chi connectivity index (χ0v) is 19.1. The van der Waals surface area contributed by atoms with Gasteiger partial charge in [-0.2, -0.15) is 0 Å². The van der Waals surface area contributed by atoms with E-state index in [0.717, 1.165) is 16.9 Å². The summed E-state index contributed by atoms with van der Waals surface area (Å²) in [6.07, 6.45) is 0.838. The Morgan fingerprint density at radius 3 is 2.25 bits per heavy atom. The highest BCUT2D eigenvalue weighted by atomic mass is 35.5. The minimum absolute atomic E-state index is 0.286. The van der Waals surface area contributed by atoms with Gasteiger partial charge in [-0.1, -0.05) is 65.3 Å². The fourth-order valence-corrected chi connectivity index (χ4v) is 5.23. The van der Waals surface area contributed by atoms with Crippen LogP contribution in [-0.2, 0) is 22.6 Å². The molecule has 0 N–H and O–H groups in total. The van der Waals surface area contributed by atoms with Crippen molar-refractivity contribution in [3.8, 4) is 0 Å². The van der Waals surface area contributed by atoms with Crippen LogP contribution in [0.1, 0.15) is 16.7 Å². The lowest BCUT2D eigenvalue weighted by atomic mass is 9.99. The lowest BCUT2D eigenvalue weighted by Gasteiger charge is -2.31. The SMILES string of the molecule is Cc1ccc(SC2=C(N3CCc4ccccc4C3)C(=O)N(c3ccc(Cl)cc3)C2=O)cc1. The predicted molar refractivity (Wildman–Crippen MR) is 129 cm³/mol. The van der Waals surface area contributed by atoms with Crippen molar-refractivity contribution in [2.45, 2.75) is 24.8 Å². The van der Waals surface area contributed by atoms with E-state index in [1.165, 1.54) is 27.8 Å². The van der Waals surface area contributed by atoms with Gasteiger partial charge in [0.25, 0.3) is 11.8 Å². The van der Waals surface area contributed by atoms with Crippen molar-refractivity contribution in [3.63, 3.8) is 0 Å². The molecule has 2 aliphatic rings. The summed E-state index contributed by atoms with van der Waals surface area (Å²) < 4.78 is 0. The third-order valence-corrected chi connectivity index (χ3v) is 7.12. The Bertz CT molecular complexity index is 1240. The standard InChI is InChI=1S/C26H21ClN2O2S/c1-17-6-12-22(13-7-17)32-24-23(28-15-14-18-4-2-3-5-19(18)16-28)25(30)29(26(24)31)21-10-8-20(27)9-11-21/h2-13H,14-16H2,1H3. The first-order valence-corrected chi connectivity index (χ1v) is 11.7.